The third-order valence-electron chi connectivity index (χ3n) is 3.93. The number of hydrogen-bond donors (Lipinski definition) is 2. The molecule has 0 atom stereocenters. The van der Waals surface area contributed by atoms with Gasteiger partial charge in [0, 0.05) is 13.1 Å². The Morgan fingerprint density at radius 1 is 1.20 bits per heavy atom. The van der Waals surface area contributed by atoms with Crippen LogP contribution in [0.5, 0.6) is 0 Å². The van der Waals surface area contributed by atoms with Crippen LogP contribution in [0.3, 0.4) is 0 Å². The van der Waals surface area contributed by atoms with Crippen molar-refractivity contribution in [2.24, 2.45) is 11.7 Å². The molecule has 1 fully saturated rings. The second-order valence-electron chi connectivity index (χ2n) is 5.62. The van der Waals surface area contributed by atoms with E-state index in [9.17, 15) is 8.42 Å². The highest BCUT2D eigenvalue weighted by atomic mass is 32.2. The Morgan fingerprint density at radius 2 is 1.90 bits per heavy atom. The van der Waals surface area contributed by atoms with Gasteiger partial charge in [-0.1, -0.05) is 49.9 Å². The van der Waals surface area contributed by atoms with Gasteiger partial charge in [-0.2, -0.15) is 0 Å². The summed E-state index contributed by atoms with van der Waals surface area (Å²) < 4.78 is 26.8. The summed E-state index contributed by atoms with van der Waals surface area (Å²) in [5.74, 6) is 0.740. The molecule has 0 amide bonds. The SMILES string of the molecule is NCc1cccc(CS(=O)(=O)NCCC2CCCC2)c1. The predicted molar refractivity (Wildman–Crippen MR) is 81.5 cm³/mol. The van der Waals surface area contributed by atoms with E-state index in [0.717, 1.165) is 17.5 Å². The van der Waals surface area contributed by atoms with Gasteiger partial charge in [-0.05, 0) is 23.5 Å². The van der Waals surface area contributed by atoms with Gasteiger partial charge >= 0.3 is 0 Å². The molecule has 1 aromatic carbocycles. The Labute approximate surface area is 121 Å². The molecule has 0 aromatic heterocycles. The zero-order valence-corrected chi connectivity index (χ0v) is 12.7. The molecule has 112 valence electrons. The average Bonchev–Trinajstić information content (AvgIpc) is 2.91. The minimum atomic E-state index is -3.24. The largest absolute Gasteiger partial charge is 0.326 e. The van der Waals surface area contributed by atoms with Gasteiger partial charge in [0.05, 0.1) is 5.75 Å². The number of nitrogens with one attached hydrogen (secondary N) is 1. The topological polar surface area (TPSA) is 72.2 Å². The first kappa shape index (κ1) is 15.5. The normalized spacial score (nSPS) is 16.6. The molecule has 1 aromatic rings. The highest BCUT2D eigenvalue weighted by molar-refractivity contribution is 7.88. The van der Waals surface area contributed by atoms with Gasteiger partial charge in [0.2, 0.25) is 10.0 Å². The lowest BCUT2D eigenvalue weighted by Crippen LogP contribution is -2.27. The summed E-state index contributed by atoms with van der Waals surface area (Å²) in [4.78, 5) is 0. The highest BCUT2D eigenvalue weighted by Gasteiger charge is 2.16. The number of hydrogen-bond acceptors (Lipinski definition) is 3. The second kappa shape index (κ2) is 7.20. The summed E-state index contributed by atoms with van der Waals surface area (Å²) in [6.45, 7) is 0.993. The summed E-state index contributed by atoms with van der Waals surface area (Å²) in [5, 5.41) is 0. The first-order chi connectivity index (χ1) is 9.59. The van der Waals surface area contributed by atoms with E-state index in [-0.39, 0.29) is 5.75 Å². The molecule has 5 heteroatoms. The fourth-order valence-corrected chi connectivity index (χ4v) is 3.98. The lowest BCUT2D eigenvalue weighted by Gasteiger charge is -2.11. The van der Waals surface area contributed by atoms with E-state index >= 15 is 0 Å². The Bertz CT molecular complexity index is 522. The van der Waals surface area contributed by atoms with Crippen molar-refractivity contribution < 1.29 is 8.42 Å². The van der Waals surface area contributed by atoms with Crippen molar-refractivity contribution in [3.05, 3.63) is 35.4 Å². The van der Waals surface area contributed by atoms with Crippen molar-refractivity contribution >= 4 is 10.0 Å². The van der Waals surface area contributed by atoms with Crippen LogP contribution in [0.15, 0.2) is 24.3 Å². The van der Waals surface area contributed by atoms with Gasteiger partial charge in [0.25, 0.3) is 0 Å². The maximum atomic E-state index is 12.0. The van der Waals surface area contributed by atoms with Gasteiger partial charge in [-0.25, -0.2) is 13.1 Å². The molecule has 0 aliphatic heterocycles. The van der Waals surface area contributed by atoms with E-state index in [1.807, 2.05) is 24.3 Å². The van der Waals surface area contributed by atoms with Crippen LogP contribution in [0.4, 0.5) is 0 Å². The molecule has 1 aliphatic carbocycles. The zero-order chi connectivity index (χ0) is 14.4. The number of sulfonamides is 1. The lowest BCUT2D eigenvalue weighted by molar-refractivity contribution is 0.495. The molecule has 20 heavy (non-hydrogen) atoms. The molecule has 2 rings (SSSR count). The third kappa shape index (κ3) is 4.89. The van der Waals surface area contributed by atoms with E-state index in [2.05, 4.69) is 4.72 Å². The summed E-state index contributed by atoms with van der Waals surface area (Å²) in [6, 6.07) is 7.45. The van der Waals surface area contributed by atoms with Crippen LogP contribution >= 0.6 is 0 Å². The minimum Gasteiger partial charge on any atom is -0.326 e. The van der Waals surface area contributed by atoms with Crippen LogP contribution in [0.25, 0.3) is 0 Å². The van der Waals surface area contributed by atoms with Crippen LogP contribution in [0.2, 0.25) is 0 Å². The van der Waals surface area contributed by atoms with Crippen LogP contribution in [-0.2, 0) is 22.3 Å². The maximum absolute atomic E-state index is 12.0. The van der Waals surface area contributed by atoms with E-state index in [1.165, 1.54) is 25.7 Å². The molecule has 0 bridgehead atoms. The molecule has 0 heterocycles. The van der Waals surface area contributed by atoms with Crippen LogP contribution < -0.4 is 10.5 Å². The Morgan fingerprint density at radius 3 is 2.60 bits per heavy atom. The van der Waals surface area contributed by atoms with Crippen molar-refractivity contribution in [2.45, 2.75) is 44.4 Å². The van der Waals surface area contributed by atoms with Crippen molar-refractivity contribution in [1.82, 2.24) is 4.72 Å². The van der Waals surface area contributed by atoms with E-state index in [0.29, 0.717) is 19.0 Å². The quantitative estimate of drug-likeness (QED) is 0.809. The third-order valence-corrected chi connectivity index (χ3v) is 5.29. The molecule has 0 unspecified atom stereocenters. The number of nitrogens with two attached hydrogens (primary N) is 1. The summed E-state index contributed by atoms with van der Waals surface area (Å²) >= 11 is 0. The van der Waals surface area contributed by atoms with E-state index in [1.54, 1.807) is 0 Å². The highest BCUT2D eigenvalue weighted by Crippen LogP contribution is 2.26. The molecule has 4 nitrogen and oxygen atoms in total. The predicted octanol–water partition coefficient (Wildman–Crippen LogP) is 2.14. The molecular formula is C15H24N2O2S. The van der Waals surface area contributed by atoms with Gasteiger partial charge < -0.3 is 5.73 Å². The smallest absolute Gasteiger partial charge is 0.215 e. The molecule has 1 saturated carbocycles. The van der Waals surface area contributed by atoms with Crippen molar-refractivity contribution in [3.8, 4) is 0 Å². The average molecular weight is 296 g/mol. The Kier molecular flexibility index (Phi) is 5.57. The zero-order valence-electron chi connectivity index (χ0n) is 11.8. The standard InChI is InChI=1S/C15H24N2O2S/c16-11-14-6-3-7-15(10-14)12-20(18,19)17-9-8-13-4-1-2-5-13/h3,6-7,10,13,17H,1-2,4-5,8-9,11-12,16H2. The molecular weight excluding hydrogens is 272 g/mol. The molecule has 0 spiro atoms. The van der Waals surface area contributed by atoms with Crippen molar-refractivity contribution in [2.75, 3.05) is 6.54 Å². The summed E-state index contributed by atoms with van der Waals surface area (Å²) in [7, 11) is -3.24. The first-order valence-electron chi connectivity index (χ1n) is 7.34. The molecule has 0 saturated heterocycles. The maximum Gasteiger partial charge on any atom is 0.215 e. The number of benzene rings is 1. The van der Waals surface area contributed by atoms with Gasteiger partial charge in [0.15, 0.2) is 0 Å². The fraction of sp³-hybridized carbons (Fsp3) is 0.600. The van der Waals surface area contributed by atoms with Gasteiger partial charge in [0.1, 0.15) is 0 Å². The van der Waals surface area contributed by atoms with E-state index < -0.39 is 10.0 Å². The Balaban J connectivity index is 1.83. The summed E-state index contributed by atoms with van der Waals surface area (Å²) in [5.41, 5.74) is 7.32. The first-order valence-corrected chi connectivity index (χ1v) is 8.99. The monoisotopic (exact) mass is 296 g/mol. The second-order valence-corrected chi connectivity index (χ2v) is 7.42. The number of rotatable bonds is 7. The van der Waals surface area contributed by atoms with E-state index in [4.69, 9.17) is 5.73 Å². The molecule has 1 aliphatic rings. The molecule has 3 N–H and O–H groups in total. The van der Waals surface area contributed by atoms with Crippen LogP contribution in [0, 0.1) is 5.92 Å². The van der Waals surface area contributed by atoms with Crippen molar-refractivity contribution in [1.29, 1.82) is 0 Å². The van der Waals surface area contributed by atoms with Crippen molar-refractivity contribution in [3.63, 3.8) is 0 Å². The Hall–Kier alpha value is -0.910. The van der Waals surface area contributed by atoms with Gasteiger partial charge in [-0.15, -0.1) is 0 Å². The van der Waals surface area contributed by atoms with Crippen LogP contribution in [0.1, 0.15) is 43.2 Å². The minimum absolute atomic E-state index is 0.0332. The van der Waals surface area contributed by atoms with Gasteiger partial charge in [-0.3, -0.25) is 0 Å². The lowest BCUT2D eigenvalue weighted by atomic mass is 10.1. The fourth-order valence-electron chi connectivity index (χ4n) is 2.83. The summed E-state index contributed by atoms with van der Waals surface area (Å²) in [6.07, 6.45) is 6.05. The molecule has 0 radical (unpaired) electrons. The van der Waals surface area contributed by atoms with Crippen LogP contribution in [-0.4, -0.2) is 15.0 Å².